The summed E-state index contributed by atoms with van der Waals surface area (Å²) in [6.07, 6.45) is -4.72. The third-order valence-electron chi connectivity index (χ3n) is 4.05. The topological polar surface area (TPSA) is 66.4 Å². The summed E-state index contributed by atoms with van der Waals surface area (Å²) in [5, 5.41) is 13.0. The molecule has 4 nitrogen and oxygen atoms in total. The highest BCUT2D eigenvalue weighted by Gasteiger charge is 2.35. The lowest BCUT2D eigenvalue weighted by Crippen LogP contribution is -2.45. The van der Waals surface area contributed by atoms with E-state index in [9.17, 15) is 27.9 Å². The molecule has 1 aromatic carbocycles. The molecule has 0 aromatic heterocycles. The number of carbonyl (C=O) groups is 2. The Morgan fingerprint density at radius 2 is 1.87 bits per heavy atom. The minimum absolute atomic E-state index is 0.0292. The van der Waals surface area contributed by atoms with Crippen molar-refractivity contribution in [3.63, 3.8) is 0 Å². The van der Waals surface area contributed by atoms with Crippen LogP contribution in [-0.2, 0) is 15.8 Å². The molecule has 1 aromatic rings. The Hall–Kier alpha value is -1.89. The molecule has 1 amide bonds. The molecule has 1 saturated carbocycles. The summed E-state index contributed by atoms with van der Waals surface area (Å²) in [6, 6.07) is 3.59. The summed E-state index contributed by atoms with van der Waals surface area (Å²) in [4.78, 5) is 22.9. The maximum absolute atomic E-state index is 12.5. The number of hydrogen-bond donors (Lipinski definition) is 2. The molecule has 0 unspecified atom stereocenters. The maximum atomic E-state index is 12.5. The van der Waals surface area contributed by atoms with Gasteiger partial charge in [-0.3, -0.25) is 9.59 Å². The van der Waals surface area contributed by atoms with E-state index in [0.717, 1.165) is 12.1 Å². The average molecular weight is 329 g/mol. The van der Waals surface area contributed by atoms with E-state index in [-0.39, 0.29) is 30.4 Å². The van der Waals surface area contributed by atoms with Crippen molar-refractivity contribution in [3.8, 4) is 0 Å². The second-order valence-corrected chi connectivity index (χ2v) is 5.73. The number of aliphatic hydroxyl groups excluding tert-OH is 1. The second kappa shape index (κ2) is 6.70. The SMILES string of the molecule is CC[C@H](NC(=O)C1CC(=O)C1)[C@H](O)c1ccc(C(F)(F)F)cc1. The predicted octanol–water partition coefficient (Wildman–Crippen LogP) is 2.61. The summed E-state index contributed by atoms with van der Waals surface area (Å²) < 4.78 is 37.6. The van der Waals surface area contributed by atoms with Crippen molar-refractivity contribution in [2.75, 3.05) is 0 Å². The summed E-state index contributed by atoms with van der Waals surface area (Å²) in [5.41, 5.74) is -0.492. The van der Waals surface area contributed by atoms with Crippen LogP contribution in [0.1, 0.15) is 43.4 Å². The van der Waals surface area contributed by atoms with Crippen LogP contribution < -0.4 is 5.32 Å². The first kappa shape index (κ1) is 17.5. The van der Waals surface area contributed by atoms with Crippen molar-refractivity contribution >= 4 is 11.7 Å². The number of nitrogens with one attached hydrogen (secondary N) is 1. The van der Waals surface area contributed by atoms with Crippen LogP contribution >= 0.6 is 0 Å². The van der Waals surface area contributed by atoms with Crippen molar-refractivity contribution in [2.24, 2.45) is 5.92 Å². The van der Waals surface area contributed by atoms with Crippen LogP contribution in [0.5, 0.6) is 0 Å². The van der Waals surface area contributed by atoms with Gasteiger partial charge in [0.2, 0.25) is 5.91 Å². The van der Waals surface area contributed by atoms with Crippen LogP contribution in [-0.4, -0.2) is 22.8 Å². The first-order valence-electron chi connectivity index (χ1n) is 7.39. The first-order valence-corrected chi connectivity index (χ1v) is 7.39. The van der Waals surface area contributed by atoms with Gasteiger partial charge >= 0.3 is 6.18 Å². The average Bonchev–Trinajstić information content (AvgIpc) is 2.48. The van der Waals surface area contributed by atoms with Gasteiger partial charge in [-0.05, 0) is 24.1 Å². The number of alkyl halides is 3. The quantitative estimate of drug-likeness (QED) is 0.873. The molecular formula is C16H18F3NO3. The van der Waals surface area contributed by atoms with Crippen molar-refractivity contribution < 1.29 is 27.9 Å². The van der Waals surface area contributed by atoms with Crippen LogP contribution in [0.4, 0.5) is 13.2 Å². The number of benzene rings is 1. The molecule has 0 bridgehead atoms. The molecule has 0 spiro atoms. The highest BCUT2D eigenvalue weighted by molar-refractivity contribution is 5.96. The molecule has 2 N–H and O–H groups in total. The van der Waals surface area contributed by atoms with Gasteiger partial charge in [0.15, 0.2) is 0 Å². The standard InChI is InChI=1S/C16H18F3NO3/c1-2-13(20-15(23)10-7-12(21)8-10)14(22)9-3-5-11(6-4-9)16(17,18)19/h3-6,10,13-14,22H,2,7-8H2,1H3,(H,20,23)/t13-,14+/m0/s1. The summed E-state index contributed by atoms with van der Waals surface area (Å²) >= 11 is 0. The first-order chi connectivity index (χ1) is 10.7. The normalized spacial score (nSPS) is 18.2. The molecule has 126 valence electrons. The fraction of sp³-hybridized carbons (Fsp3) is 0.500. The van der Waals surface area contributed by atoms with Gasteiger partial charge in [0, 0.05) is 12.8 Å². The van der Waals surface area contributed by atoms with Crippen molar-refractivity contribution in [1.29, 1.82) is 0 Å². The number of amides is 1. The van der Waals surface area contributed by atoms with Crippen molar-refractivity contribution in [2.45, 2.75) is 44.5 Å². The number of hydrogen-bond acceptors (Lipinski definition) is 3. The van der Waals surface area contributed by atoms with Crippen LogP contribution in [0.15, 0.2) is 24.3 Å². The fourth-order valence-electron chi connectivity index (χ4n) is 2.48. The number of aliphatic hydroxyl groups is 1. The van der Waals surface area contributed by atoms with Gasteiger partial charge in [0.25, 0.3) is 0 Å². The summed E-state index contributed by atoms with van der Waals surface area (Å²) in [7, 11) is 0. The zero-order chi connectivity index (χ0) is 17.2. The highest BCUT2D eigenvalue weighted by atomic mass is 19.4. The van der Waals surface area contributed by atoms with E-state index in [1.807, 2.05) is 0 Å². The Morgan fingerprint density at radius 3 is 2.30 bits per heavy atom. The van der Waals surface area contributed by atoms with Crippen molar-refractivity contribution in [3.05, 3.63) is 35.4 Å². The van der Waals surface area contributed by atoms with Gasteiger partial charge < -0.3 is 10.4 Å². The highest BCUT2D eigenvalue weighted by Crippen LogP contribution is 2.31. The number of Topliss-reactive ketones (excluding diaryl/α,β-unsaturated/α-hetero) is 1. The van der Waals surface area contributed by atoms with E-state index in [0.29, 0.717) is 12.0 Å². The van der Waals surface area contributed by atoms with Crippen LogP contribution in [0.25, 0.3) is 0 Å². The molecule has 23 heavy (non-hydrogen) atoms. The van der Waals surface area contributed by atoms with Crippen LogP contribution in [0.3, 0.4) is 0 Å². The van der Waals surface area contributed by atoms with E-state index < -0.39 is 23.9 Å². The Labute approximate surface area is 131 Å². The molecule has 0 radical (unpaired) electrons. The molecule has 0 aliphatic heterocycles. The van der Waals surface area contributed by atoms with Gasteiger partial charge in [-0.25, -0.2) is 0 Å². The van der Waals surface area contributed by atoms with Crippen molar-refractivity contribution in [1.82, 2.24) is 5.32 Å². The van der Waals surface area contributed by atoms with E-state index >= 15 is 0 Å². The van der Waals surface area contributed by atoms with E-state index in [2.05, 4.69) is 5.32 Å². The minimum atomic E-state index is -4.43. The molecule has 0 saturated heterocycles. The van der Waals surface area contributed by atoms with Gasteiger partial charge in [0.1, 0.15) is 5.78 Å². The zero-order valence-electron chi connectivity index (χ0n) is 12.6. The largest absolute Gasteiger partial charge is 0.416 e. The predicted molar refractivity (Wildman–Crippen MR) is 76.4 cm³/mol. The number of carbonyl (C=O) groups excluding carboxylic acids is 2. The monoisotopic (exact) mass is 329 g/mol. The summed E-state index contributed by atoms with van der Waals surface area (Å²) in [6.45, 7) is 1.75. The Morgan fingerprint density at radius 1 is 1.30 bits per heavy atom. The summed E-state index contributed by atoms with van der Waals surface area (Å²) in [5.74, 6) is -0.639. The third-order valence-corrected chi connectivity index (χ3v) is 4.05. The second-order valence-electron chi connectivity index (χ2n) is 5.73. The van der Waals surface area contributed by atoms with Gasteiger partial charge in [-0.1, -0.05) is 19.1 Å². The molecule has 2 rings (SSSR count). The lowest BCUT2D eigenvalue weighted by Gasteiger charge is -2.28. The fourth-order valence-corrected chi connectivity index (χ4v) is 2.48. The Balaban J connectivity index is 2.02. The van der Waals surface area contributed by atoms with Crippen LogP contribution in [0, 0.1) is 5.92 Å². The lowest BCUT2D eigenvalue weighted by atomic mass is 9.83. The molecular weight excluding hydrogens is 311 g/mol. The molecule has 0 heterocycles. The molecule has 1 fully saturated rings. The molecule has 2 atom stereocenters. The van der Waals surface area contributed by atoms with E-state index in [1.165, 1.54) is 12.1 Å². The van der Waals surface area contributed by atoms with Crippen LogP contribution in [0.2, 0.25) is 0 Å². The minimum Gasteiger partial charge on any atom is -0.386 e. The van der Waals surface area contributed by atoms with E-state index in [1.54, 1.807) is 6.92 Å². The molecule has 1 aliphatic rings. The van der Waals surface area contributed by atoms with Gasteiger partial charge in [0.05, 0.1) is 23.6 Å². The Bertz CT molecular complexity index is 575. The number of rotatable bonds is 5. The molecule has 1 aliphatic carbocycles. The third kappa shape index (κ3) is 4.10. The van der Waals surface area contributed by atoms with Gasteiger partial charge in [-0.2, -0.15) is 13.2 Å². The Kier molecular flexibility index (Phi) is 5.09. The van der Waals surface area contributed by atoms with Gasteiger partial charge in [-0.15, -0.1) is 0 Å². The molecule has 7 heteroatoms. The lowest BCUT2D eigenvalue weighted by molar-refractivity contribution is -0.138. The zero-order valence-corrected chi connectivity index (χ0v) is 12.6. The maximum Gasteiger partial charge on any atom is 0.416 e. The smallest absolute Gasteiger partial charge is 0.386 e. The van der Waals surface area contributed by atoms with E-state index in [4.69, 9.17) is 0 Å². The number of halogens is 3. The number of ketones is 1.